The van der Waals surface area contributed by atoms with Gasteiger partial charge in [0.2, 0.25) is 0 Å². The van der Waals surface area contributed by atoms with Crippen LogP contribution in [0.5, 0.6) is 0 Å². The van der Waals surface area contributed by atoms with Gasteiger partial charge in [-0.15, -0.1) is 0 Å². The van der Waals surface area contributed by atoms with Crippen LogP contribution in [0.2, 0.25) is 0 Å². The molecule has 0 radical (unpaired) electrons. The van der Waals surface area contributed by atoms with Crippen molar-refractivity contribution in [3.8, 4) is 0 Å². The number of carbonyl (C=O) groups excluding carboxylic acids is 3. The Morgan fingerprint density at radius 2 is 1.57 bits per heavy atom. The number of nitrogens with zero attached hydrogens (tertiary/aromatic N) is 1. The second-order valence-electron chi connectivity index (χ2n) is 6.65. The van der Waals surface area contributed by atoms with Crippen molar-refractivity contribution < 1.29 is 28.8 Å². The summed E-state index contributed by atoms with van der Waals surface area (Å²) in [6.07, 6.45) is 0. The molecule has 2 aromatic rings. The Morgan fingerprint density at radius 3 is 2.07 bits per heavy atom. The lowest BCUT2D eigenvalue weighted by atomic mass is 10.0. The minimum atomic E-state index is -0.977. The number of esters is 2. The number of nitro benzene ring substituents is 1. The van der Waals surface area contributed by atoms with Crippen molar-refractivity contribution >= 4 is 29.2 Å². The predicted octanol–water partition coefficient (Wildman–Crippen LogP) is 3.69. The maximum Gasteiger partial charge on any atom is 0.338 e. The van der Waals surface area contributed by atoms with Gasteiger partial charge in [-0.1, -0.05) is 26.0 Å². The van der Waals surface area contributed by atoms with Crippen LogP contribution in [0.3, 0.4) is 0 Å². The Hall–Kier alpha value is -3.75. The van der Waals surface area contributed by atoms with Crippen LogP contribution in [0.25, 0.3) is 0 Å². The molecule has 0 bridgehead atoms. The summed E-state index contributed by atoms with van der Waals surface area (Å²) in [6.45, 7) is 5.16. The van der Waals surface area contributed by atoms with Gasteiger partial charge < -0.3 is 14.8 Å². The van der Waals surface area contributed by atoms with E-state index in [0.717, 1.165) is 23.8 Å². The molecule has 2 aromatic carbocycles. The van der Waals surface area contributed by atoms with Crippen molar-refractivity contribution in [1.82, 2.24) is 0 Å². The summed E-state index contributed by atoms with van der Waals surface area (Å²) in [5.41, 5.74) is 0.791. The highest BCUT2D eigenvalue weighted by Crippen LogP contribution is 2.20. The maximum atomic E-state index is 12.3. The summed E-state index contributed by atoms with van der Waals surface area (Å²) in [6, 6.07) is 10.3. The molecule has 1 amide bonds. The van der Waals surface area contributed by atoms with Crippen molar-refractivity contribution in [2.45, 2.75) is 26.7 Å². The largest absolute Gasteiger partial charge is 0.462 e. The molecule has 0 spiro atoms. The van der Waals surface area contributed by atoms with Gasteiger partial charge in [0.1, 0.15) is 0 Å². The Labute approximate surface area is 173 Å². The fraction of sp³-hybridized carbons (Fsp3) is 0.286. The van der Waals surface area contributed by atoms with E-state index in [1.54, 1.807) is 19.1 Å². The summed E-state index contributed by atoms with van der Waals surface area (Å²) < 4.78 is 9.74. The fourth-order valence-electron chi connectivity index (χ4n) is 2.53. The number of ether oxygens (including phenoxy) is 2. The molecule has 0 aliphatic rings. The summed E-state index contributed by atoms with van der Waals surface area (Å²) in [7, 11) is 0. The van der Waals surface area contributed by atoms with Gasteiger partial charge in [-0.3, -0.25) is 14.9 Å². The summed E-state index contributed by atoms with van der Waals surface area (Å²) in [5, 5.41) is 13.7. The van der Waals surface area contributed by atoms with Crippen molar-refractivity contribution in [2.75, 3.05) is 18.5 Å². The Kier molecular flexibility index (Phi) is 7.62. The summed E-state index contributed by atoms with van der Waals surface area (Å²) in [4.78, 5) is 46.5. The predicted molar refractivity (Wildman–Crippen MR) is 108 cm³/mol. The third kappa shape index (κ3) is 6.13. The van der Waals surface area contributed by atoms with Gasteiger partial charge in [0, 0.05) is 17.8 Å². The Bertz CT molecular complexity index is 952. The van der Waals surface area contributed by atoms with Crippen LogP contribution in [-0.2, 0) is 14.3 Å². The first-order chi connectivity index (χ1) is 14.2. The van der Waals surface area contributed by atoms with E-state index in [1.165, 1.54) is 0 Å². The van der Waals surface area contributed by atoms with E-state index in [1.807, 2.05) is 26.0 Å². The van der Waals surface area contributed by atoms with Gasteiger partial charge in [0.25, 0.3) is 11.6 Å². The average Bonchev–Trinajstić information content (AvgIpc) is 2.72. The molecular formula is C21H22N2O7. The SMILES string of the molecule is CCOC(=O)c1cc(C(=O)OCC(=O)Nc2ccc(C(C)C)cc2)cc([N+](=O)[O-])c1. The fourth-order valence-corrected chi connectivity index (χ4v) is 2.53. The summed E-state index contributed by atoms with van der Waals surface area (Å²) in [5.74, 6) is -2.01. The van der Waals surface area contributed by atoms with Gasteiger partial charge in [-0.2, -0.15) is 0 Å². The lowest BCUT2D eigenvalue weighted by molar-refractivity contribution is -0.384. The molecule has 158 valence electrons. The molecule has 0 aliphatic heterocycles. The molecule has 0 aliphatic carbocycles. The number of hydrogen-bond donors (Lipinski definition) is 1. The van der Waals surface area contributed by atoms with E-state index >= 15 is 0 Å². The topological polar surface area (TPSA) is 125 Å². The average molecular weight is 414 g/mol. The maximum absolute atomic E-state index is 12.3. The second kappa shape index (κ2) is 10.1. The molecule has 0 atom stereocenters. The normalized spacial score (nSPS) is 10.4. The van der Waals surface area contributed by atoms with Crippen molar-refractivity contribution in [1.29, 1.82) is 0 Å². The van der Waals surface area contributed by atoms with Gasteiger partial charge in [0.15, 0.2) is 6.61 Å². The van der Waals surface area contributed by atoms with Crippen LogP contribution < -0.4 is 5.32 Å². The molecular weight excluding hydrogens is 392 g/mol. The van der Waals surface area contributed by atoms with E-state index in [2.05, 4.69) is 5.32 Å². The number of non-ortho nitro benzene ring substituents is 1. The molecule has 0 aromatic heterocycles. The number of carbonyl (C=O) groups is 3. The summed E-state index contributed by atoms with van der Waals surface area (Å²) >= 11 is 0. The molecule has 0 fully saturated rings. The number of anilines is 1. The number of rotatable bonds is 8. The van der Waals surface area contributed by atoms with Crippen LogP contribution in [0.1, 0.15) is 53.0 Å². The second-order valence-corrected chi connectivity index (χ2v) is 6.65. The third-order valence-corrected chi connectivity index (χ3v) is 4.07. The molecule has 1 N–H and O–H groups in total. The van der Waals surface area contributed by atoms with Crippen LogP contribution in [-0.4, -0.2) is 36.0 Å². The number of amides is 1. The highest BCUT2D eigenvalue weighted by Gasteiger charge is 2.20. The first-order valence-corrected chi connectivity index (χ1v) is 9.24. The zero-order valence-corrected chi connectivity index (χ0v) is 16.8. The molecule has 0 saturated heterocycles. The zero-order valence-electron chi connectivity index (χ0n) is 16.8. The quantitative estimate of drug-likeness (QED) is 0.397. The molecule has 9 heteroatoms. The van der Waals surface area contributed by atoms with Crippen molar-refractivity contribution in [2.24, 2.45) is 0 Å². The number of benzene rings is 2. The first-order valence-electron chi connectivity index (χ1n) is 9.24. The van der Waals surface area contributed by atoms with E-state index in [-0.39, 0.29) is 17.7 Å². The number of nitro groups is 1. The molecule has 0 heterocycles. The monoisotopic (exact) mass is 414 g/mol. The highest BCUT2D eigenvalue weighted by molar-refractivity contribution is 5.98. The number of hydrogen-bond acceptors (Lipinski definition) is 7. The van der Waals surface area contributed by atoms with Crippen LogP contribution in [0.4, 0.5) is 11.4 Å². The van der Waals surface area contributed by atoms with Crippen LogP contribution >= 0.6 is 0 Å². The smallest absolute Gasteiger partial charge is 0.338 e. The minimum absolute atomic E-state index is 0.0691. The molecule has 0 saturated carbocycles. The van der Waals surface area contributed by atoms with E-state index in [4.69, 9.17) is 9.47 Å². The van der Waals surface area contributed by atoms with Crippen molar-refractivity contribution in [3.05, 3.63) is 69.3 Å². The van der Waals surface area contributed by atoms with E-state index < -0.39 is 35.1 Å². The number of nitrogens with one attached hydrogen (secondary N) is 1. The third-order valence-electron chi connectivity index (χ3n) is 4.07. The van der Waals surface area contributed by atoms with E-state index in [9.17, 15) is 24.5 Å². The highest BCUT2D eigenvalue weighted by atomic mass is 16.6. The lowest BCUT2D eigenvalue weighted by Gasteiger charge is -2.09. The van der Waals surface area contributed by atoms with Crippen LogP contribution in [0, 0.1) is 10.1 Å². The standard InChI is InChI=1S/C21H22N2O7/c1-4-29-20(25)15-9-16(11-18(10-15)23(27)28)21(26)30-12-19(24)22-17-7-5-14(6-8-17)13(2)3/h5-11,13H,4,12H2,1-3H3,(H,22,24). The molecule has 2 rings (SSSR count). The van der Waals surface area contributed by atoms with Gasteiger partial charge >= 0.3 is 11.9 Å². The first kappa shape index (κ1) is 22.5. The zero-order chi connectivity index (χ0) is 22.3. The molecule has 30 heavy (non-hydrogen) atoms. The van der Waals surface area contributed by atoms with E-state index in [0.29, 0.717) is 11.6 Å². The van der Waals surface area contributed by atoms with Gasteiger partial charge in [-0.25, -0.2) is 9.59 Å². The van der Waals surface area contributed by atoms with Crippen LogP contribution in [0.15, 0.2) is 42.5 Å². The molecule has 9 nitrogen and oxygen atoms in total. The Balaban J connectivity index is 2.05. The van der Waals surface area contributed by atoms with Gasteiger partial charge in [0.05, 0.1) is 22.7 Å². The lowest BCUT2D eigenvalue weighted by Crippen LogP contribution is -2.21. The van der Waals surface area contributed by atoms with Gasteiger partial charge in [-0.05, 0) is 36.6 Å². The van der Waals surface area contributed by atoms with Crippen molar-refractivity contribution in [3.63, 3.8) is 0 Å². The molecule has 0 unspecified atom stereocenters. The minimum Gasteiger partial charge on any atom is -0.462 e. The Morgan fingerprint density at radius 1 is 1.00 bits per heavy atom.